The molecule has 27 heavy (non-hydrogen) atoms. The highest BCUT2D eigenvalue weighted by molar-refractivity contribution is 5.58. The number of aromatic nitrogens is 8. The molecule has 0 amide bonds. The van der Waals surface area contributed by atoms with Gasteiger partial charge in [0.1, 0.15) is 12.9 Å². The molecule has 5 rings (SSSR count). The SMILES string of the molecule is Cn1ncnc1COc1nn2c(-c3cccnc3)nnc2cc1C1CCC1. The van der Waals surface area contributed by atoms with Gasteiger partial charge in [-0.25, -0.2) is 4.98 Å². The van der Waals surface area contributed by atoms with Crippen molar-refractivity contribution in [3.8, 4) is 17.3 Å². The third-order valence-corrected chi connectivity index (χ3v) is 5.00. The number of ether oxygens (including phenoxy) is 1. The summed E-state index contributed by atoms with van der Waals surface area (Å²) >= 11 is 0. The lowest BCUT2D eigenvalue weighted by molar-refractivity contribution is 0.264. The molecule has 1 fully saturated rings. The van der Waals surface area contributed by atoms with Gasteiger partial charge in [-0.2, -0.15) is 9.61 Å². The van der Waals surface area contributed by atoms with Gasteiger partial charge in [-0.05, 0) is 37.0 Å². The second-order valence-electron chi connectivity index (χ2n) is 6.66. The fourth-order valence-electron chi connectivity index (χ4n) is 3.21. The minimum atomic E-state index is 0.305. The van der Waals surface area contributed by atoms with Crippen molar-refractivity contribution >= 4 is 5.65 Å². The molecule has 1 aliphatic carbocycles. The molecule has 1 aliphatic rings. The van der Waals surface area contributed by atoms with Gasteiger partial charge in [0.05, 0.1) is 0 Å². The van der Waals surface area contributed by atoms with Crippen LogP contribution in [0, 0.1) is 0 Å². The summed E-state index contributed by atoms with van der Waals surface area (Å²) in [6.45, 7) is 0.305. The number of rotatable bonds is 5. The van der Waals surface area contributed by atoms with Crippen LogP contribution in [0.1, 0.15) is 36.6 Å². The monoisotopic (exact) mass is 362 g/mol. The summed E-state index contributed by atoms with van der Waals surface area (Å²) in [5.41, 5.74) is 2.65. The van der Waals surface area contributed by atoms with Gasteiger partial charge in [0.25, 0.3) is 0 Å². The average Bonchev–Trinajstić information content (AvgIpc) is 3.25. The molecule has 136 valence electrons. The number of fused-ring (bicyclic) bond motifs is 1. The van der Waals surface area contributed by atoms with E-state index in [1.165, 1.54) is 12.7 Å². The van der Waals surface area contributed by atoms with E-state index >= 15 is 0 Å². The third-order valence-electron chi connectivity index (χ3n) is 5.00. The molecule has 4 aromatic rings. The Balaban J connectivity index is 1.57. The van der Waals surface area contributed by atoms with E-state index in [4.69, 9.17) is 9.84 Å². The average molecular weight is 362 g/mol. The van der Waals surface area contributed by atoms with Gasteiger partial charge in [0.15, 0.2) is 17.3 Å². The zero-order chi connectivity index (χ0) is 18.2. The van der Waals surface area contributed by atoms with Gasteiger partial charge in [0, 0.05) is 30.6 Å². The first kappa shape index (κ1) is 15.9. The Kier molecular flexibility index (Phi) is 3.77. The smallest absolute Gasteiger partial charge is 0.235 e. The van der Waals surface area contributed by atoms with Crippen molar-refractivity contribution in [2.45, 2.75) is 31.8 Å². The van der Waals surface area contributed by atoms with Gasteiger partial charge in [-0.1, -0.05) is 6.42 Å². The first-order valence-corrected chi connectivity index (χ1v) is 8.92. The van der Waals surface area contributed by atoms with E-state index in [-0.39, 0.29) is 0 Å². The predicted molar refractivity (Wildman–Crippen MR) is 95.9 cm³/mol. The minimum absolute atomic E-state index is 0.305. The highest BCUT2D eigenvalue weighted by Gasteiger charge is 2.26. The molecule has 4 aromatic heterocycles. The van der Waals surface area contributed by atoms with Crippen LogP contribution in [0.25, 0.3) is 17.0 Å². The molecular weight excluding hydrogens is 344 g/mol. The van der Waals surface area contributed by atoms with Gasteiger partial charge >= 0.3 is 0 Å². The molecule has 0 N–H and O–H groups in total. The summed E-state index contributed by atoms with van der Waals surface area (Å²) < 4.78 is 9.47. The fraction of sp³-hybridized carbons (Fsp3) is 0.333. The summed E-state index contributed by atoms with van der Waals surface area (Å²) in [5, 5.41) is 17.4. The Morgan fingerprint density at radius 1 is 1.26 bits per heavy atom. The molecule has 1 saturated carbocycles. The molecule has 0 aliphatic heterocycles. The van der Waals surface area contributed by atoms with Crippen LogP contribution >= 0.6 is 0 Å². The van der Waals surface area contributed by atoms with Crippen molar-refractivity contribution in [3.63, 3.8) is 0 Å². The molecule has 4 heterocycles. The lowest BCUT2D eigenvalue weighted by Crippen LogP contribution is -2.14. The van der Waals surface area contributed by atoms with E-state index in [1.807, 2.05) is 25.2 Å². The van der Waals surface area contributed by atoms with Crippen molar-refractivity contribution in [1.29, 1.82) is 0 Å². The summed E-state index contributed by atoms with van der Waals surface area (Å²) in [5.74, 6) is 2.44. The number of hydrogen-bond acceptors (Lipinski definition) is 7. The lowest BCUT2D eigenvalue weighted by atomic mass is 9.80. The summed E-state index contributed by atoms with van der Waals surface area (Å²) in [7, 11) is 1.84. The van der Waals surface area contributed by atoms with Crippen molar-refractivity contribution in [2.24, 2.45) is 7.05 Å². The first-order valence-electron chi connectivity index (χ1n) is 8.92. The Morgan fingerprint density at radius 3 is 2.89 bits per heavy atom. The normalized spacial score (nSPS) is 14.4. The molecule has 0 bridgehead atoms. The van der Waals surface area contributed by atoms with Crippen molar-refractivity contribution in [3.05, 3.63) is 48.3 Å². The van der Waals surface area contributed by atoms with Gasteiger partial charge in [-0.15, -0.1) is 15.3 Å². The molecule has 0 aromatic carbocycles. The van der Waals surface area contributed by atoms with Crippen LogP contribution in [0.3, 0.4) is 0 Å². The van der Waals surface area contributed by atoms with Gasteiger partial charge < -0.3 is 4.74 Å². The van der Waals surface area contributed by atoms with Crippen LogP contribution in [0.2, 0.25) is 0 Å². The zero-order valence-electron chi connectivity index (χ0n) is 14.9. The quantitative estimate of drug-likeness (QED) is 0.537. The largest absolute Gasteiger partial charge is 0.468 e. The van der Waals surface area contributed by atoms with E-state index in [2.05, 4.69) is 25.3 Å². The molecular formula is C18H18N8O. The number of hydrogen-bond donors (Lipinski definition) is 0. The van der Waals surface area contributed by atoms with Crippen LogP contribution in [0.4, 0.5) is 0 Å². The highest BCUT2D eigenvalue weighted by Crippen LogP contribution is 2.40. The third kappa shape index (κ3) is 2.80. The minimum Gasteiger partial charge on any atom is -0.468 e. The van der Waals surface area contributed by atoms with E-state index in [9.17, 15) is 0 Å². The Labute approximate surface area is 155 Å². The predicted octanol–water partition coefficient (Wildman–Crippen LogP) is 2.16. The second kappa shape index (κ2) is 6.42. The Bertz CT molecular complexity index is 1080. The molecule has 0 spiro atoms. The number of nitrogens with zero attached hydrogens (tertiary/aromatic N) is 8. The molecule has 0 saturated heterocycles. The summed E-state index contributed by atoms with van der Waals surface area (Å²) in [6.07, 6.45) is 8.50. The Morgan fingerprint density at radius 2 is 2.19 bits per heavy atom. The van der Waals surface area contributed by atoms with Crippen molar-refractivity contribution in [1.82, 2.24) is 39.6 Å². The fourth-order valence-corrected chi connectivity index (χ4v) is 3.21. The van der Waals surface area contributed by atoms with E-state index in [0.717, 1.165) is 29.8 Å². The van der Waals surface area contributed by atoms with Crippen LogP contribution in [0.5, 0.6) is 5.88 Å². The maximum Gasteiger partial charge on any atom is 0.235 e. The van der Waals surface area contributed by atoms with E-state index in [1.54, 1.807) is 21.6 Å². The van der Waals surface area contributed by atoms with Gasteiger partial charge in [0.2, 0.25) is 5.88 Å². The van der Waals surface area contributed by atoms with Crippen LogP contribution < -0.4 is 4.74 Å². The molecule has 0 atom stereocenters. The summed E-state index contributed by atoms with van der Waals surface area (Å²) in [6, 6.07) is 5.84. The first-order chi connectivity index (χ1) is 13.3. The van der Waals surface area contributed by atoms with Crippen molar-refractivity contribution in [2.75, 3.05) is 0 Å². The highest BCUT2D eigenvalue weighted by atomic mass is 16.5. The second-order valence-corrected chi connectivity index (χ2v) is 6.66. The van der Waals surface area contributed by atoms with Gasteiger partial charge in [-0.3, -0.25) is 9.67 Å². The van der Waals surface area contributed by atoms with E-state index < -0.39 is 0 Å². The van der Waals surface area contributed by atoms with Crippen LogP contribution in [-0.2, 0) is 13.7 Å². The topological polar surface area (TPSA) is 95.9 Å². The molecule has 9 heteroatoms. The number of pyridine rings is 1. The van der Waals surface area contributed by atoms with E-state index in [0.29, 0.717) is 29.9 Å². The van der Waals surface area contributed by atoms with Crippen LogP contribution in [0.15, 0.2) is 36.9 Å². The standard InChI is InChI=1S/C18H18N8O/c1-25-16(20-11-21-25)10-27-18-14(12-4-2-5-12)8-15-22-23-17(26(15)24-18)13-6-3-7-19-9-13/h3,6-9,11-12H,2,4-5,10H2,1H3. The van der Waals surface area contributed by atoms with Crippen LogP contribution in [-0.4, -0.2) is 39.6 Å². The lowest BCUT2D eigenvalue weighted by Gasteiger charge is -2.26. The van der Waals surface area contributed by atoms with Crippen molar-refractivity contribution < 1.29 is 4.74 Å². The number of aryl methyl sites for hydroxylation is 1. The molecule has 0 unspecified atom stereocenters. The summed E-state index contributed by atoms with van der Waals surface area (Å²) in [4.78, 5) is 8.38. The Hall–Kier alpha value is -3.36. The maximum atomic E-state index is 6.06. The maximum absolute atomic E-state index is 6.06. The molecule has 0 radical (unpaired) electrons. The zero-order valence-corrected chi connectivity index (χ0v) is 14.9. The molecule has 9 nitrogen and oxygen atoms in total.